The van der Waals surface area contributed by atoms with Crippen LogP contribution < -0.4 is 11.1 Å². The van der Waals surface area contributed by atoms with Crippen molar-refractivity contribution in [1.29, 1.82) is 0 Å². The van der Waals surface area contributed by atoms with Crippen molar-refractivity contribution in [3.05, 3.63) is 34.2 Å². The van der Waals surface area contributed by atoms with Crippen LogP contribution in [0.5, 0.6) is 0 Å². The number of hydrazone groups is 1. The minimum Gasteiger partial charge on any atom is -0.443 e. The van der Waals surface area contributed by atoms with E-state index in [1.54, 1.807) is 25.3 Å². The lowest BCUT2D eigenvalue weighted by atomic mass is 10.2. The van der Waals surface area contributed by atoms with Crippen LogP contribution in [0, 0.1) is 0 Å². The first kappa shape index (κ1) is 16.8. The third kappa shape index (κ3) is 4.21. The summed E-state index contributed by atoms with van der Waals surface area (Å²) in [6.07, 6.45) is 0.890. The summed E-state index contributed by atoms with van der Waals surface area (Å²) < 4.78 is 6.76. The predicted molar refractivity (Wildman–Crippen MR) is 89.9 cm³/mol. The van der Waals surface area contributed by atoms with Crippen molar-refractivity contribution in [3.63, 3.8) is 0 Å². The fourth-order valence-electron chi connectivity index (χ4n) is 2.19. The van der Waals surface area contributed by atoms with Gasteiger partial charge in [0, 0.05) is 6.04 Å². The maximum absolute atomic E-state index is 11.9. The summed E-state index contributed by atoms with van der Waals surface area (Å²) in [6, 6.07) is 5.50. The Labute approximate surface area is 134 Å². The van der Waals surface area contributed by atoms with Gasteiger partial charge in [0.05, 0.1) is 17.2 Å². The molecule has 0 atom stereocenters. The molecule has 2 rings (SSSR count). The van der Waals surface area contributed by atoms with Crippen LogP contribution >= 0.6 is 0 Å². The predicted octanol–water partition coefficient (Wildman–Crippen LogP) is 2.77. The smallest absolute Gasteiger partial charge is 0.428 e. The van der Waals surface area contributed by atoms with Crippen LogP contribution in [0.25, 0.3) is 11.0 Å². The van der Waals surface area contributed by atoms with Gasteiger partial charge in [-0.15, -0.1) is 0 Å². The fourth-order valence-corrected chi connectivity index (χ4v) is 2.19. The Balaban J connectivity index is 2.18. The molecule has 1 aromatic heterocycles. The molecule has 7 heteroatoms. The van der Waals surface area contributed by atoms with Crippen molar-refractivity contribution in [2.45, 2.75) is 46.3 Å². The molecule has 124 valence electrons. The van der Waals surface area contributed by atoms with Crippen molar-refractivity contribution in [2.75, 3.05) is 0 Å². The molecule has 2 aromatic rings. The van der Waals surface area contributed by atoms with Gasteiger partial charge in [-0.2, -0.15) is 5.10 Å². The maximum atomic E-state index is 11.9. The lowest BCUT2D eigenvalue weighted by Gasteiger charge is -2.18. The van der Waals surface area contributed by atoms with Crippen LogP contribution in [-0.4, -0.2) is 27.5 Å². The number of carbonyl (C=O) groups excluding carboxylic acids is 1. The first-order valence-corrected chi connectivity index (χ1v) is 7.44. The highest BCUT2D eigenvalue weighted by Crippen LogP contribution is 2.15. The third-order valence-corrected chi connectivity index (χ3v) is 3.03. The van der Waals surface area contributed by atoms with Gasteiger partial charge in [0.1, 0.15) is 5.60 Å². The number of hydrogen-bond donors (Lipinski definition) is 2. The van der Waals surface area contributed by atoms with E-state index in [0.717, 1.165) is 16.6 Å². The number of carbonyl (C=O) groups is 1. The molecule has 2 N–H and O–H groups in total. The number of aromatic amines is 1. The molecule has 0 saturated carbocycles. The van der Waals surface area contributed by atoms with Gasteiger partial charge in [-0.05, 0) is 52.3 Å². The lowest BCUT2D eigenvalue weighted by Crippen LogP contribution is -2.29. The highest BCUT2D eigenvalue weighted by Gasteiger charge is 2.15. The fraction of sp³-hybridized carbons (Fsp3) is 0.438. The number of H-pyrrole nitrogens is 1. The van der Waals surface area contributed by atoms with Crippen molar-refractivity contribution < 1.29 is 9.53 Å². The minimum absolute atomic E-state index is 0.0447. The van der Waals surface area contributed by atoms with Gasteiger partial charge in [-0.3, -0.25) is 4.57 Å². The Morgan fingerprint density at radius 3 is 2.70 bits per heavy atom. The molecule has 1 amide bonds. The zero-order valence-corrected chi connectivity index (χ0v) is 14.0. The van der Waals surface area contributed by atoms with E-state index in [1.807, 2.05) is 32.0 Å². The van der Waals surface area contributed by atoms with Gasteiger partial charge < -0.3 is 9.72 Å². The van der Waals surface area contributed by atoms with E-state index in [-0.39, 0.29) is 11.7 Å². The summed E-state index contributed by atoms with van der Waals surface area (Å²) in [6.45, 7) is 9.23. The van der Waals surface area contributed by atoms with Gasteiger partial charge in [0.2, 0.25) is 0 Å². The van der Waals surface area contributed by atoms with Crippen LogP contribution in [0.15, 0.2) is 28.1 Å². The second-order valence-electron chi connectivity index (χ2n) is 6.54. The number of amides is 1. The molecular formula is C16H22N4O3. The number of aromatic nitrogens is 2. The maximum Gasteiger partial charge on any atom is 0.428 e. The lowest BCUT2D eigenvalue weighted by molar-refractivity contribution is 0.0529. The van der Waals surface area contributed by atoms with E-state index in [1.165, 1.54) is 6.21 Å². The zero-order valence-electron chi connectivity index (χ0n) is 14.0. The van der Waals surface area contributed by atoms with Crippen LogP contribution in [-0.2, 0) is 4.74 Å². The zero-order chi connectivity index (χ0) is 17.2. The van der Waals surface area contributed by atoms with Gasteiger partial charge >= 0.3 is 11.8 Å². The molecule has 0 bridgehead atoms. The van der Waals surface area contributed by atoms with E-state index < -0.39 is 11.7 Å². The van der Waals surface area contributed by atoms with Crippen LogP contribution in [0.3, 0.4) is 0 Å². The molecule has 0 aliphatic heterocycles. The number of nitrogens with one attached hydrogen (secondary N) is 2. The largest absolute Gasteiger partial charge is 0.443 e. The van der Waals surface area contributed by atoms with E-state index in [2.05, 4.69) is 15.5 Å². The quantitative estimate of drug-likeness (QED) is 0.673. The summed E-state index contributed by atoms with van der Waals surface area (Å²) in [5.41, 5.74) is 3.92. The van der Waals surface area contributed by atoms with Crippen LogP contribution in [0.2, 0.25) is 0 Å². The Kier molecular flexibility index (Phi) is 4.58. The number of rotatable bonds is 3. The molecular weight excluding hydrogens is 296 g/mol. The summed E-state index contributed by atoms with van der Waals surface area (Å²) >= 11 is 0. The molecule has 0 spiro atoms. The van der Waals surface area contributed by atoms with Gasteiger partial charge in [0.15, 0.2) is 0 Å². The highest BCUT2D eigenvalue weighted by atomic mass is 16.6. The molecule has 0 aliphatic carbocycles. The minimum atomic E-state index is -0.615. The molecule has 1 aromatic carbocycles. The van der Waals surface area contributed by atoms with Crippen molar-refractivity contribution in [1.82, 2.24) is 15.0 Å². The molecule has 0 unspecified atom stereocenters. The van der Waals surface area contributed by atoms with Crippen molar-refractivity contribution in [3.8, 4) is 0 Å². The number of hydrogen-bond acceptors (Lipinski definition) is 4. The first-order valence-electron chi connectivity index (χ1n) is 7.44. The normalized spacial score (nSPS) is 12.3. The molecule has 1 heterocycles. The molecule has 0 radical (unpaired) electrons. The number of imidazole rings is 1. The first-order chi connectivity index (χ1) is 10.7. The molecule has 0 saturated heterocycles. The summed E-state index contributed by atoms with van der Waals surface area (Å²) in [5, 5.41) is 3.87. The number of fused-ring (bicyclic) bond motifs is 1. The Morgan fingerprint density at radius 2 is 2.09 bits per heavy atom. The van der Waals surface area contributed by atoms with Crippen molar-refractivity contribution >= 4 is 23.3 Å². The van der Waals surface area contributed by atoms with Gasteiger partial charge in [-0.25, -0.2) is 15.0 Å². The Hall–Kier alpha value is -2.57. The standard InChI is InChI=1S/C16H22N4O3/c1-10(2)20-13-8-11(6-7-12(13)18-14(20)21)9-17-19-15(22)23-16(3,4)5/h6-10H,1-5H3,(H,18,21)(H,19,22)/b17-9+. The van der Waals surface area contributed by atoms with Crippen LogP contribution in [0.1, 0.15) is 46.2 Å². The molecule has 23 heavy (non-hydrogen) atoms. The Morgan fingerprint density at radius 1 is 1.39 bits per heavy atom. The average Bonchev–Trinajstić information content (AvgIpc) is 2.71. The third-order valence-electron chi connectivity index (χ3n) is 3.03. The van der Waals surface area contributed by atoms with E-state index in [9.17, 15) is 9.59 Å². The van der Waals surface area contributed by atoms with Crippen LogP contribution in [0.4, 0.5) is 4.79 Å². The topological polar surface area (TPSA) is 88.5 Å². The molecule has 0 aliphatic rings. The van der Waals surface area contributed by atoms with E-state index in [0.29, 0.717) is 0 Å². The van der Waals surface area contributed by atoms with E-state index in [4.69, 9.17) is 4.74 Å². The summed E-state index contributed by atoms with van der Waals surface area (Å²) in [4.78, 5) is 26.2. The summed E-state index contributed by atoms with van der Waals surface area (Å²) in [7, 11) is 0. The highest BCUT2D eigenvalue weighted by molar-refractivity contribution is 5.87. The number of benzene rings is 1. The Bertz CT molecular complexity index is 794. The molecule has 0 fully saturated rings. The SMILES string of the molecule is CC(C)n1c(=O)[nH]c2ccc(/C=N/NC(=O)OC(C)(C)C)cc21. The monoisotopic (exact) mass is 318 g/mol. The average molecular weight is 318 g/mol. The number of ether oxygens (including phenoxy) is 1. The van der Waals surface area contributed by atoms with E-state index >= 15 is 0 Å². The van der Waals surface area contributed by atoms with Gasteiger partial charge in [0.25, 0.3) is 0 Å². The number of nitrogens with zero attached hydrogens (tertiary/aromatic N) is 2. The van der Waals surface area contributed by atoms with Crippen molar-refractivity contribution in [2.24, 2.45) is 5.10 Å². The summed E-state index contributed by atoms with van der Waals surface area (Å²) in [5.74, 6) is 0. The second-order valence-corrected chi connectivity index (χ2v) is 6.54. The second kappa shape index (κ2) is 6.28. The van der Waals surface area contributed by atoms with Gasteiger partial charge in [-0.1, -0.05) is 6.07 Å². The molecule has 7 nitrogen and oxygen atoms in total.